The van der Waals surface area contributed by atoms with Crippen LogP contribution in [0.5, 0.6) is 5.75 Å². The monoisotopic (exact) mass is 268 g/mol. The van der Waals surface area contributed by atoms with E-state index in [-0.39, 0.29) is 0 Å². The van der Waals surface area contributed by atoms with Gasteiger partial charge < -0.3 is 10.1 Å². The van der Waals surface area contributed by atoms with Gasteiger partial charge in [0.2, 0.25) is 5.95 Å². The molecule has 0 aliphatic heterocycles. The molecule has 1 aromatic carbocycles. The zero-order valence-corrected chi connectivity index (χ0v) is 11.3. The standard InChI is InChI=1S/C15H16N4O/c1-20-13-7-3-2-6-12(13)9-10-16-15-17-14-8-4-5-11-19(14)18-15/h2-8,11H,9-10H2,1H3,(H,16,18). The molecule has 0 radical (unpaired) electrons. The summed E-state index contributed by atoms with van der Waals surface area (Å²) < 4.78 is 7.09. The summed E-state index contributed by atoms with van der Waals surface area (Å²) in [6.07, 6.45) is 2.74. The van der Waals surface area contributed by atoms with E-state index in [2.05, 4.69) is 21.5 Å². The van der Waals surface area contributed by atoms with Gasteiger partial charge in [-0.1, -0.05) is 24.3 Å². The summed E-state index contributed by atoms with van der Waals surface area (Å²) in [6.45, 7) is 0.761. The van der Waals surface area contributed by atoms with E-state index in [1.807, 2.05) is 42.6 Å². The summed E-state index contributed by atoms with van der Waals surface area (Å²) in [5.74, 6) is 1.56. The third kappa shape index (κ3) is 2.56. The number of rotatable bonds is 5. The molecule has 0 atom stereocenters. The molecule has 0 saturated carbocycles. The van der Waals surface area contributed by atoms with E-state index in [4.69, 9.17) is 4.74 Å². The molecule has 0 aliphatic rings. The van der Waals surface area contributed by atoms with Crippen molar-refractivity contribution < 1.29 is 4.74 Å². The summed E-state index contributed by atoms with van der Waals surface area (Å²) in [7, 11) is 1.69. The van der Waals surface area contributed by atoms with Crippen LogP contribution in [-0.2, 0) is 6.42 Å². The third-order valence-electron chi connectivity index (χ3n) is 3.11. The number of anilines is 1. The fourth-order valence-electron chi connectivity index (χ4n) is 2.12. The van der Waals surface area contributed by atoms with Crippen molar-refractivity contribution in [3.8, 4) is 5.75 Å². The van der Waals surface area contributed by atoms with Gasteiger partial charge in [-0.3, -0.25) is 0 Å². The van der Waals surface area contributed by atoms with Crippen molar-refractivity contribution in [1.82, 2.24) is 14.6 Å². The number of nitrogens with one attached hydrogen (secondary N) is 1. The lowest BCUT2D eigenvalue weighted by Crippen LogP contribution is -2.07. The highest BCUT2D eigenvalue weighted by atomic mass is 16.5. The van der Waals surface area contributed by atoms with E-state index in [9.17, 15) is 0 Å². The van der Waals surface area contributed by atoms with Crippen molar-refractivity contribution >= 4 is 11.6 Å². The quantitative estimate of drug-likeness (QED) is 0.772. The average Bonchev–Trinajstić information content (AvgIpc) is 2.90. The maximum absolute atomic E-state index is 5.33. The predicted octanol–water partition coefficient (Wildman–Crippen LogP) is 2.39. The Hall–Kier alpha value is -2.56. The first kappa shape index (κ1) is 12.5. The number of pyridine rings is 1. The number of nitrogens with zero attached hydrogens (tertiary/aromatic N) is 3. The second-order valence-electron chi connectivity index (χ2n) is 4.43. The van der Waals surface area contributed by atoms with Gasteiger partial charge in [0.1, 0.15) is 5.75 Å². The molecule has 102 valence electrons. The number of hydrogen-bond donors (Lipinski definition) is 1. The maximum atomic E-state index is 5.33. The summed E-state index contributed by atoms with van der Waals surface area (Å²) >= 11 is 0. The van der Waals surface area contributed by atoms with Crippen molar-refractivity contribution in [2.24, 2.45) is 0 Å². The van der Waals surface area contributed by atoms with Gasteiger partial charge in [-0.2, -0.15) is 4.98 Å². The Morgan fingerprint density at radius 3 is 2.85 bits per heavy atom. The number of para-hydroxylation sites is 1. The first-order valence-corrected chi connectivity index (χ1v) is 6.54. The summed E-state index contributed by atoms with van der Waals surface area (Å²) in [6, 6.07) is 13.8. The van der Waals surface area contributed by atoms with Crippen LogP contribution in [0, 0.1) is 0 Å². The summed E-state index contributed by atoms with van der Waals surface area (Å²) in [5, 5.41) is 7.58. The van der Waals surface area contributed by atoms with Crippen LogP contribution in [0.4, 0.5) is 5.95 Å². The smallest absolute Gasteiger partial charge is 0.243 e. The number of benzene rings is 1. The first-order valence-electron chi connectivity index (χ1n) is 6.54. The first-order chi connectivity index (χ1) is 9.86. The Morgan fingerprint density at radius 2 is 2.00 bits per heavy atom. The SMILES string of the molecule is COc1ccccc1CCNc1nc2ccccn2n1. The minimum absolute atomic E-state index is 0.645. The largest absolute Gasteiger partial charge is 0.496 e. The van der Waals surface area contributed by atoms with Crippen molar-refractivity contribution in [3.63, 3.8) is 0 Å². The maximum Gasteiger partial charge on any atom is 0.243 e. The highest BCUT2D eigenvalue weighted by molar-refractivity contribution is 5.43. The number of aromatic nitrogens is 3. The Bertz CT molecular complexity index is 675. The molecule has 5 heteroatoms. The molecule has 3 rings (SSSR count). The van der Waals surface area contributed by atoms with E-state index in [1.54, 1.807) is 11.6 Å². The molecule has 0 fully saturated rings. The normalized spacial score (nSPS) is 10.7. The van der Waals surface area contributed by atoms with Crippen molar-refractivity contribution in [1.29, 1.82) is 0 Å². The Kier molecular flexibility index (Phi) is 3.50. The highest BCUT2D eigenvalue weighted by Gasteiger charge is 2.04. The predicted molar refractivity (Wildman–Crippen MR) is 78.2 cm³/mol. The van der Waals surface area contributed by atoms with Crippen LogP contribution in [0.1, 0.15) is 5.56 Å². The third-order valence-corrected chi connectivity index (χ3v) is 3.11. The van der Waals surface area contributed by atoms with E-state index in [0.29, 0.717) is 5.95 Å². The zero-order chi connectivity index (χ0) is 13.8. The van der Waals surface area contributed by atoms with Crippen LogP contribution in [0.3, 0.4) is 0 Å². The van der Waals surface area contributed by atoms with Gasteiger partial charge in [0.15, 0.2) is 5.65 Å². The van der Waals surface area contributed by atoms with E-state index >= 15 is 0 Å². The van der Waals surface area contributed by atoms with Gasteiger partial charge in [0.05, 0.1) is 7.11 Å². The minimum Gasteiger partial charge on any atom is -0.496 e. The van der Waals surface area contributed by atoms with Gasteiger partial charge in [0.25, 0.3) is 0 Å². The number of fused-ring (bicyclic) bond motifs is 1. The van der Waals surface area contributed by atoms with E-state index in [1.165, 1.54) is 5.56 Å². The molecular formula is C15H16N4O. The number of methoxy groups -OCH3 is 1. The lowest BCUT2D eigenvalue weighted by molar-refractivity contribution is 0.410. The fourth-order valence-corrected chi connectivity index (χ4v) is 2.12. The lowest BCUT2D eigenvalue weighted by atomic mass is 10.1. The van der Waals surface area contributed by atoms with Gasteiger partial charge in [-0.25, -0.2) is 4.52 Å². The van der Waals surface area contributed by atoms with E-state index < -0.39 is 0 Å². The van der Waals surface area contributed by atoms with Crippen LogP contribution in [0.2, 0.25) is 0 Å². The van der Waals surface area contributed by atoms with Crippen LogP contribution in [0.25, 0.3) is 5.65 Å². The summed E-state index contributed by atoms with van der Waals surface area (Å²) in [5.41, 5.74) is 2.01. The summed E-state index contributed by atoms with van der Waals surface area (Å²) in [4.78, 5) is 4.40. The number of ether oxygens (including phenoxy) is 1. The Labute approximate surface area is 117 Å². The van der Waals surface area contributed by atoms with Gasteiger partial charge in [-0.15, -0.1) is 5.10 Å². The second kappa shape index (κ2) is 5.61. The number of hydrogen-bond acceptors (Lipinski definition) is 4. The van der Waals surface area contributed by atoms with Crippen molar-refractivity contribution in [3.05, 3.63) is 54.2 Å². The van der Waals surface area contributed by atoms with Crippen molar-refractivity contribution in [2.45, 2.75) is 6.42 Å². The topological polar surface area (TPSA) is 51.5 Å². The second-order valence-corrected chi connectivity index (χ2v) is 4.43. The van der Waals surface area contributed by atoms with Crippen LogP contribution < -0.4 is 10.1 Å². The minimum atomic E-state index is 0.645. The van der Waals surface area contributed by atoms with Crippen LogP contribution >= 0.6 is 0 Å². The molecule has 0 aliphatic carbocycles. The lowest BCUT2D eigenvalue weighted by Gasteiger charge is -2.07. The van der Waals surface area contributed by atoms with Gasteiger partial charge in [-0.05, 0) is 30.2 Å². The van der Waals surface area contributed by atoms with Gasteiger partial charge >= 0.3 is 0 Å². The fraction of sp³-hybridized carbons (Fsp3) is 0.200. The molecular weight excluding hydrogens is 252 g/mol. The van der Waals surface area contributed by atoms with Gasteiger partial charge in [0, 0.05) is 12.7 Å². The van der Waals surface area contributed by atoms with Crippen LogP contribution in [0.15, 0.2) is 48.7 Å². The molecule has 0 unspecified atom stereocenters. The molecule has 1 N–H and O–H groups in total. The van der Waals surface area contributed by atoms with Crippen molar-refractivity contribution in [2.75, 3.05) is 19.0 Å². The molecule has 0 bridgehead atoms. The highest BCUT2D eigenvalue weighted by Crippen LogP contribution is 2.17. The molecule has 2 heterocycles. The molecule has 5 nitrogen and oxygen atoms in total. The van der Waals surface area contributed by atoms with Crippen LogP contribution in [-0.4, -0.2) is 28.3 Å². The molecule has 0 amide bonds. The van der Waals surface area contributed by atoms with E-state index in [0.717, 1.165) is 24.4 Å². The average molecular weight is 268 g/mol. The molecule has 2 aromatic heterocycles. The Balaban J connectivity index is 1.65. The Morgan fingerprint density at radius 1 is 1.15 bits per heavy atom. The molecule has 0 spiro atoms. The zero-order valence-electron chi connectivity index (χ0n) is 11.3. The molecule has 0 saturated heterocycles. The molecule has 3 aromatic rings. The molecule has 20 heavy (non-hydrogen) atoms.